The van der Waals surface area contributed by atoms with Crippen LogP contribution < -0.4 is 0 Å². The molecule has 1 aliphatic rings. The van der Waals surface area contributed by atoms with Crippen molar-refractivity contribution in [3.8, 4) is 0 Å². The van der Waals surface area contributed by atoms with E-state index in [-0.39, 0.29) is 5.60 Å². The minimum absolute atomic E-state index is 0.0643. The monoisotopic (exact) mass is 205 g/mol. The highest BCUT2D eigenvalue weighted by Gasteiger charge is 2.33. The molecule has 1 saturated heterocycles. The minimum Gasteiger partial charge on any atom is -0.377 e. The van der Waals surface area contributed by atoms with Crippen molar-refractivity contribution in [2.24, 2.45) is 0 Å². The number of ether oxygens (including phenoxy) is 1. The Bertz CT molecular complexity index is 312. The Balaban J connectivity index is 1.93. The molecule has 0 aromatic heterocycles. The molecule has 15 heavy (non-hydrogen) atoms. The van der Waals surface area contributed by atoms with Gasteiger partial charge >= 0.3 is 0 Å². The fourth-order valence-electron chi connectivity index (χ4n) is 2.17. The molecule has 1 aliphatic heterocycles. The topological polar surface area (TPSA) is 12.5 Å². The van der Waals surface area contributed by atoms with E-state index in [2.05, 4.69) is 42.2 Å². The fraction of sp³-hybridized carbons (Fsp3) is 0.538. The quantitative estimate of drug-likeness (QED) is 0.750. The summed E-state index contributed by atoms with van der Waals surface area (Å²) in [4.78, 5) is 2.46. The smallest absolute Gasteiger partial charge is 0.0789 e. The van der Waals surface area contributed by atoms with Gasteiger partial charge in [0.2, 0.25) is 0 Å². The normalized spacial score (nSPS) is 27.1. The number of benzene rings is 1. The molecule has 0 aliphatic carbocycles. The average Bonchev–Trinajstić information content (AvgIpc) is 2.63. The van der Waals surface area contributed by atoms with Crippen LogP contribution >= 0.6 is 0 Å². The van der Waals surface area contributed by atoms with Gasteiger partial charge in [0.15, 0.2) is 0 Å². The number of hydrogen-bond donors (Lipinski definition) is 0. The van der Waals surface area contributed by atoms with E-state index in [1.165, 1.54) is 5.56 Å². The molecule has 0 N–H and O–H groups in total. The Kier molecular flexibility index (Phi) is 3.08. The van der Waals surface area contributed by atoms with Crippen LogP contribution in [0.1, 0.15) is 18.9 Å². The molecule has 1 heterocycles. The Morgan fingerprint density at radius 3 is 2.67 bits per heavy atom. The van der Waals surface area contributed by atoms with Gasteiger partial charge < -0.3 is 4.74 Å². The highest BCUT2D eigenvalue weighted by molar-refractivity contribution is 5.14. The number of methoxy groups -OCH3 is 1. The third-order valence-electron chi connectivity index (χ3n) is 3.26. The van der Waals surface area contributed by atoms with Gasteiger partial charge in [0.05, 0.1) is 5.60 Å². The molecule has 0 amide bonds. The molecule has 1 atom stereocenters. The van der Waals surface area contributed by atoms with Crippen LogP contribution in [0.5, 0.6) is 0 Å². The van der Waals surface area contributed by atoms with Gasteiger partial charge in [0, 0.05) is 26.7 Å². The summed E-state index contributed by atoms with van der Waals surface area (Å²) in [6.07, 6.45) is 1.14. The summed E-state index contributed by atoms with van der Waals surface area (Å²) in [7, 11) is 1.81. The van der Waals surface area contributed by atoms with Crippen molar-refractivity contribution in [3.05, 3.63) is 35.9 Å². The molecule has 0 unspecified atom stereocenters. The van der Waals surface area contributed by atoms with Crippen LogP contribution in [-0.4, -0.2) is 30.7 Å². The zero-order chi connectivity index (χ0) is 10.7. The van der Waals surface area contributed by atoms with Crippen molar-refractivity contribution >= 4 is 0 Å². The maximum atomic E-state index is 5.52. The molecule has 2 heteroatoms. The van der Waals surface area contributed by atoms with E-state index >= 15 is 0 Å². The molecule has 1 aromatic carbocycles. The largest absolute Gasteiger partial charge is 0.377 e. The van der Waals surface area contributed by atoms with E-state index in [0.717, 1.165) is 26.1 Å². The minimum atomic E-state index is 0.0643. The highest BCUT2D eigenvalue weighted by atomic mass is 16.5. The third-order valence-corrected chi connectivity index (χ3v) is 3.26. The van der Waals surface area contributed by atoms with E-state index in [1.54, 1.807) is 0 Å². The molecular formula is C13H19NO. The molecular weight excluding hydrogens is 186 g/mol. The van der Waals surface area contributed by atoms with Crippen molar-refractivity contribution in [3.63, 3.8) is 0 Å². The number of nitrogens with zero attached hydrogens (tertiary/aromatic N) is 1. The first-order chi connectivity index (χ1) is 7.22. The third kappa shape index (κ3) is 2.58. The standard InChI is InChI=1S/C13H19NO/c1-13(15-2)8-9-14(11-13)10-12-6-4-3-5-7-12/h3-7H,8-11H2,1-2H3/t13-/m0/s1. The van der Waals surface area contributed by atoms with Crippen LogP contribution in [0, 0.1) is 0 Å². The van der Waals surface area contributed by atoms with E-state index in [0.29, 0.717) is 0 Å². The maximum absolute atomic E-state index is 5.52. The zero-order valence-electron chi connectivity index (χ0n) is 9.57. The van der Waals surface area contributed by atoms with Crippen molar-refractivity contribution in [1.82, 2.24) is 4.90 Å². The molecule has 2 nitrogen and oxygen atoms in total. The summed E-state index contributed by atoms with van der Waals surface area (Å²) in [5.74, 6) is 0. The lowest BCUT2D eigenvalue weighted by atomic mass is 10.1. The van der Waals surface area contributed by atoms with Gasteiger partial charge in [-0.1, -0.05) is 30.3 Å². The van der Waals surface area contributed by atoms with Crippen LogP contribution in [0.2, 0.25) is 0 Å². The molecule has 1 fully saturated rings. The molecule has 0 bridgehead atoms. The van der Waals surface area contributed by atoms with Crippen molar-refractivity contribution in [2.45, 2.75) is 25.5 Å². The number of likely N-dealkylation sites (tertiary alicyclic amines) is 1. The lowest BCUT2D eigenvalue weighted by Crippen LogP contribution is -2.31. The zero-order valence-corrected chi connectivity index (χ0v) is 9.57. The van der Waals surface area contributed by atoms with Crippen LogP contribution in [0.3, 0.4) is 0 Å². The first-order valence-electron chi connectivity index (χ1n) is 5.53. The molecule has 0 spiro atoms. The van der Waals surface area contributed by atoms with Crippen LogP contribution in [0.4, 0.5) is 0 Å². The van der Waals surface area contributed by atoms with Crippen LogP contribution in [0.25, 0.3) is 0 Å². The maximum Gasteiger partial charge on any atom is 0.0789 e. The number of rotatable bonds is 3. The van der Waals surface area contributed by atoms with Gasteiger partial charge in [-0.2, -0.15) is 0 Å². The van der Waals surface area contributed by atoms with Gasteiger partial charge in [0.1, 0.15) is 0 Å². The Morgan fingerprint density at radius 1 is 1.33 bits per heavy atom. The SMILES string of the molecule is CO[C@@]1(C)CCN(Cc2ccccc2)C1. The van der Waals surface area contributed by atoms with Gasteiger partial charge in [-0.15, -0.1) is 0 Å². The number of hydrogen-bond acceptors (Lipinski definition) is 2. The van der Waals surface area contributed by atoms with Gasteiger partial charge in [-0.05, 0) is 18.9 Å². The fourth-order valence-corrected chi connectivity index (χ4v) is 2.17. The van der Waals surface area contributed by atoms with E-state index in [9.17, 15) is 0 Å². The average molecular weight is 205 g/mol. The lowest BCUT2D eigenvalue weighted by molar-refractivity contribution is 0.0143. The summed E-state index contributed by atoms with van der Waals surface area (Å²) in [5, 5.41) is 0. The van der Waals surface area contributed by atoms with Crippen LogP contribution in [-0.2, 0) is 11.3 Å². The predicted molar refractivity (Wildman–Crippen MR) is 61.8 cm³/mol. The van der Waals surface area contributed by atoms with E-state index < -0.39 is 0 Å². The first-order valence-corrected chi connectivity index (χ1v) is 5.53. The van der Waals surface area contributed by atoms with Crippen molar-refractivity contribution in [1.29, 1.82) is 0 Å². The van der Waals surface area contributed by atoms with Crippen LogP contribution in [0.15, 0.2) is 30.3 Å². The summed E-state index contributed by atoms with van der Waals surface area (Å²) in [5.41, 5.74) is 1.45. The second-order valence-electron chi connectivity index (χ2n) is 4.60. The molecule has 0 saturated carbocycles. The second-order valence-corrected chi connectivity index (χ2v) is 4.60. The summed E-state index contributed by atoms with van der Waals surface area (Å²) in [6.45, 7) is 5.41. The Morgan fingerprint density at radius 2 is 2.07 bits per heavy atom. The lowest BCUT2D eigenvalue weighted by Gasteiger charge is -2.23. The van der Waals surface area contributed by atoms with Crippen molar-refractivity contribution < 1.29 is 4.74 Å². The Labute approximate surface area is 91.9 Å². The summed E-state index contributed by atoms with van der Waals surface area (Å²) in [6, 6.07) is 10.6. The van der Waals surface area contributed by atoms with Gasteiger partial charge in [-0.25, -0.2) is 0 Å². The first kappa shape index (κ1) is 10.7. The summed E-state index contributed by atoms with van der Waals surface area (Å²) >= 11 is 0. The van der Waals surface area contributed by atoms with Gasteiger partial charge in [0.25, 0.3) is 0 Å². The molecule has 0 radical (unpaired) electrons. The van der Waals surface area contributed by atoms with E-state index in [1.807, 2.05) is 7.11 Å². The summed E-state index contributed by atoms with van der Waals surface area (Å²) < 4.78 is 5.52. The molecule has 82 valence electrons. The van der Waals surface area contributed by atoms with E-state index in [4.69, 9.17) is 4.74 Å². The second kappa shape index (κ2) is 4.33. The molecule has 2 rings (SSSR count). The van der Waals surface area contributed by atoms with Gasteiger partial charge in [-0.3, -0.25) is 4.90 Å². The molecule has 1 aromatic rings. The predicted octanol–water partition coefficient (Wildman–Crippen LogP) is 2.30. The van der Waals surface area contributed by atoms with Crippen molar-refractivity contribution in [2.75, 3.05) is 20.2 Å². The highest BCUT2D eigenvalue weighted by Crippen LogP contribution is 2.25. The Hall–Kier alpha value is -0.860.